The Labute approximate surface area is 103 Å². The Morgan fingerprint density at radius 3 is 2.69 bits per heavy atom. The van der Waals surface area contributed by atoms with Crippen LogP contribution in [0.3, 0.4) is 0 Å². The molecule has 0 fully saturated rings. The standard InChI is InChI=1S/C13H20ClNO/c1-11(2)7-9-16-10-8-15-13-6-4-3-5-12(13)14/h3-6,11,15H,7-10H2,1-2H3. The first kappa shape index (κ1) is 13.3. The van der Waals surface area contributed by atoms with Gasteiger partial charge in [0.2, 0.25) is 0 Å². The maximum atomic E-state index is 6.00. The molecule has 0 aromatic heterocycles. The van der Waals surface area contributed by atoms with Crippen LogP contribution >= 0.6 is 11.6 Å². The zero-order valence-electron chi connectivity index (χ0n) is 10.0. The van der Waals surface area contributed by atoms with Crippen molar-refractivity contribution in [2.24, 2.45) is 5.92 Å². The Kier molecular flexibility index (Phi) is 6.27. The van der Waals surface area contributed by atoms with Gasteiger partial charge >= 0.3 is 0 Å². The van der Waals surface area contributed by atoms with E-state index in [4.69, 9.17) is 16.3 Å². The molecule has 0 unspecified atom stereocenters. The van der Waals surface area contributed by atoms with Crippen LogP contribution < -0.4 is 5.32 Å². The summed E-state index contributed by atoms with van der Waals surface area (Å²) in [4.78, 5) is 0. The fourth-order valence-electron chi connectivity index (χ4n) is 1.28. The monoisotopic (exact) mass is 241 g/mol. The number of anilines is 1. The zero-order valence-corrected chi connectivity index (χ0v) is 10.8. The van der Waals surface area contributed by atoms with Crippen LogP contribution in [0.25, 0.3) is 0 Å². The second-order valence-corrected chi connectivity index (χ2v) is 4.61. The van der Waals surface area contributed by atoms with Gasteiger partial charge in [0, 0.05) is 13.2 Å². The highest BCUT2D eigenvalue weighted by molar-refractivity contribution is 6.33. The van der Waals surface area contributed by atoms with Gasteiger partial charge in [0.1, 0.15) is 0 Å². The van der Waals surface area contributed by atoms with Crippen molar-refractivity contribution >= 4 is 17.3 Å². The fraction of sp³-hybridized carbons (Fsp3) is 0.538. The molecule has 0 saturated carbocycles. The van der Waals surface area contributed by atoms with Gasteiger partial charge in [-0.05, 0) is 24.5 Å². The molecule has 0 aliphatic rings. The quantitative estimate of drug-likeness (QED) is 0.733. The summed E-state index contributed by atoms with van der Waals surface area (Å²) in [6.07, 6.45) is 1.12. The van der Waals surface area contributed by atoms with Crippen LogP contribution in [0.1, 0.15) is 20.3 Å². The molecule has 16 heavy (non-hydrogen) atoms. The third kappa shape index (κ3) is 5.38. The highest BCUT2D eigenvalue weighted by Gasteiger charge is 1.97. The number of rotatable bonds is 7. The van der Waals surface area contributed by atoms with Crippen LogP contribution in [0.2, 0.25) is 5.02 Å². The van der Waals surface area contributed by atoms with Crippen LogP contribution in [-0.2, 0) is 4.74 Å². The number of hydrogen-bond acceptors (Lipinski definition) is 2. The molecular weight excluding hydrogens is 222 g/mol. The average Bonchev–Trinajstić information content (AvgIpc) is 2.25. The van der Waals surface area contributed by atoms with Gasteiger partial charge in [-0.3, -0.25) is 0 Å². The second kappa shape index (κ2) is 7.53. The molecule has 0 saturated heterocycles. The van der Waals surface area contributed by atoms with Crippen molar-refractivity contribution in [2.45, 2.75) is 20.3 Å². The highest BCUT2D eigenvalue weighted by Crippen LogP contribution is 2.19. The lowest BCUT2D eigenvalue weighted by atomic mass is 10.1. The lowest BCUT2D eigenvalue weighted by Gasteiger charge is -2.09. The maximum Gasteiger partial charge on any atom is 0.0639 e. The molecule has 1 aromatic carbocycles. The van der Waals surface area contributed by atoms with Crippen molar-refractivity contribution in [3.8, 4) is 0 Å². The predicted molar refractivity (Wildman–Crippen MR) is 70.2 cm³/mol. The van der Waals surface area contributed by atoms with Crippen LogP contribution in [-0.4, -0.2) is 19.8 Å². The minimum atomic E-state index is 0.705. The number of para-hydroxylation sites is 1. The third-order valence-electron chi connectivity index (χ3n) is 2.28. The first-order chi connectivity index (χ1) is 7.70. The van der Waals surface area contributed by atoms with E-state index in [1.165, 1.54) is 0 Å². The first-order valence-electron chi connectivity index (χ1n) is 5.76. The Hall–Kier alpha value is -0.730. The van der Waals surface area contributed by atoms with Gasteiger partial charge in [0.05, 0.1) is 17.3 Å². The molecule has 0 radical (unpaired) electrons. The lowest BCUT2D eigenvalue weighted by Crippen LogP contribution is -2.11. The fourth-order valence-corrected chi connectivity index (χ4v) is 1.49. The van der Waals surface area contributed by atoms with Gasteiger partial charge in [0.25, 0.3) is 0 Å². The first-order valence-corrected chi connectivity index (χ1v) is 6.14. The van der Waals surface area contributed by atoms with E-state index in [1.54, 1.807) is 0 Å². The molecule has 0 atom stereocenters. The molecule has 0 bridgehead atoms. The summed E-state index contributed by atoms with van der Waals surface area (Å²) < 4.78 is 5.50. The van der Waals surface area contributed by atoms with E-state index in [0.29, 0.717) is 5.92 Å². The van der Waals surface area contributed by atoms with E-state index >= 15 is 0 Å². The van der Waals surface area contributed by atoms with Crippen molar-refractivity contribution in [3.63, 3.8) is 0 Å². The predicted octanol–water partition coefficient (Wildman–Crippen LogP) is 3.81. The SMILES string of the molecule is CC(C)CCOCCNc1ccccc1Cl. The average molecular weight is 242 g/mol. The van der Waals surface area contributed by atoms with E-state index in [-0.39, 0.29) is 0 Å². The van der Waals surface area contributed by atoms with Gasteiger partial charge < -0.3 is 10.1 Å². The number of nitrogens with one attached hydrogen (secondary N) is 1. The van der Waals surface area contributed by atoms with Gasteiger partial charge in [-0.15, -0.1) is 0 Å². The summed E-state index contributed by atoms with van der Waals surface area (Å²) in [6.45, 7) is 6.75. The van der Waals surface area contributed by atoms with E-state index in [0.717, 1.165) is 36.9 Å². The number of ether oxygens (including phenoxy) is 1. The Morgan fingerprint density at radius 2 is 2.00 bits per heavy atom. The van der Waals surface area contributed by atoms with E-state index in [1.807, 2.05) is 24.3 Å². The van der Waals surface area contributed by atoms with Gasteiger partial charge in [-0.25, -0.2) is 0 Å². The molecule has 1 aromatic rings. The molecular formula is C13H20ClNO. The van der Waals surface area contributed by atoms with Crippen LogP contribution in [0.5, 0.6) is 0 Å². The summed E-state index contributed by atoms with van der Waals surface area (Å²) in [5.74, 6) is 0.705. The Bertz CT molecular complexity index is 302. The maximum absolute atomic E-state index is 6.00. The topological polar surface area (TPSA) is 21.3 Å². The molecule has 2 nitrogen and oxygen atoms in total. The largest absolute Gasteiger partial charge is 0.382 e. The highest BCUT2D eigenvalue weighted by atomic mass is 35.5. The van der Waals surface area contributed by atoms with E-state index in [2.05, 4.69) is 19.2 Å². The smallest absolute Gasteiger partial charge is 0.0639 e. The molecule has 1 rings (SSSR count). The van der Waals surface area contributed by atoms with Crippen molar-refractivity contribution in [1.82, 2.24) is 0 Å². The molecule has 1 N–H and O–H groups in total. The normalized spacial score (nSPS) is 10.8. The van der Waals surface area contributed by atoms with Gasteiger partial charge in [0.15, 0.2) is 0 Å². The van der Waals surface area contributed by atoms with E-state index in [9.17, 15) is 0 Å². The van der Waals surface area contributed by atoms with Crippen molar-refractivity contribution in [1.29, 1.82) is 0 Å². The zero-order chi connectivity index (χ0) is 11.8. The number of benzene rings is 1. The van der Waals surface area contributed by atoms with E-state index < -0.39 is 0 Å². The third-order valence-corrected chi connectivity index (χ3v) is 2.60. The van der Waals surface area contributed by atoms with Crippen LogP contribution in [0, 0.1) is 5.92 Å². The summed E-state index contributed by atoms with van der Waals surface area (Å²) in [5.41, 5.74) is 0.969. The number of hydrogen-bond donors (Lipinski definition) is 1. The molecule has 0 aliphatic heterocycles. The molecule has 0 amide bonds. The van der Waals surface area contributed by atoms with Gasteiger partial charge in [-0.1, -0.05) is 37.6 Å². The summed E-state index contributed by atoms with van der Waals surface area (Å²) in [7, 11) is 0. The molecule has 0 heterocycles. The lowest BCUT2D eigenvalue weighted by molar-refractivity contribution is 0.132. The minimum absolute atomic E-state index is 0.705. The molecule has 90 valence electrons. The second-order valence-electron chi connectivity index (χ2n) is 4.20. The Morgan fingerprint density at radius 1 is 1.25 bits per heavy atom. The van der Waals surface area contributed by atoms with Crippen LogP contribution in [0.15, 0.2) is 24.3 Å². The summed E-state index contributed by atoms with van der Waals surface area (Å²) >= 11 is 6.00. The van der Waals surface area contributed by atoms with Crippen molar-refractivity contribution in [2.75, 3.05) is 25.1 Å². The number of halogens is 1. The minimum Gasteiger partial charge on any atom is -0.382 e. The summed E-state index contributed by atoms with van der Waals surface area (Å²) in [5, 5.41) is 4.00. The van der Waals surface area contributed by atoms with Crippen LogP contribution in [0.4, 0.5) is 5.69 Å². The Balaban J connectivity index is 2.10. The van der Waals surface area contributed by atoms with Gasteiger partial charge in [-0.2, -0.15) is 0 Å². The van der Waals surface area contributed by atoms with Crippen molar-refractivity contribution < 1.29 is 4.74 Å². The van der Waals surface area contributed by atoms with Crippen molar-refractivity contribution in [3.05, 3.63) is 29.3 Å². The molecule has 3 heteroatoms. The molecule has 0 aliphatic carbocycles. The summed E-state index contributed by atoms with van der Waals surface area (Å²) in [6, 6.07) is 7.74. The molecule has 0 spiro atoms.